The summed E-state index contributed by atoms with van der Waals surface area (Å²) in [6.45, 7) is 0.787. The Bertz CT molecular complexity index is 182. The van der Waals surface area contributed by atoms with Gasteiger partial charge in [0.05, 0.1) is 6.61 Å². The second kappa shape index (κ2) is 3.48. The van der Waals surface area contributed by atoms with E-state index in [1.165, 1.54) is 19.3 Å². The zero-order valence-electron chi connectivity index (χ0n) is 7.33. The Morgan fingerprint density at radius 2 is 2.25 bits per heavy atom. The van der Waals surface area contributed by atoms with E-state index >= 15 is 0 Å². The van der Waals surface area contributed by atoms with Crippen LogP contribution in [0.4, 0.5) is 0 Å². The molecule has 1 N–H and O–H groups in total. The predicted molar refractivity (Wildman–Crippen MR) is 46.6 cm³/mol. The molecule has 1 saturated carbocycles. The fraction of sp³-hybridized carbons (Fsp3) is 0.800. The highest BCUT2D eigenvalue weighted by atomic mass is 16.5. The maximum Gasteiger partial charge on any atom is 0.121 e. The van der Waals surface area contributed by atoms with Crippen LogP contribution in [0.3, 0.4) is 0 Å². The van der Waals surface area contributed by atoms with Crippen LogP contribution < -0.4 is 0 Å². The van der Waals surface area contributed by atoms with E-state index in [2.05, 4.69) is 0 Å². The summed E-state index contributed by atoms with van der Waals surface area (Å²) in [5.41, 5.74) is 0. The third-order valence-corrected chi connectivity index (χ3v) is 2.85. The van der Waals surface area contributed by atoms with Crippen LogP contribution in [0.5, 0.6) is 0 Å². The molecule has 0 aromatic carbocycles. The summed E-state index contributed by atoms with van der Waals surface area (Å²) in [4.78, 5) is 0. The lowest BCUT2D eigenvalue weighted by atomic mass is 9.80. The minimum absolute atomic E-state index is 0.306. The third kappa shape index (κ3) is 1.48. The average molecular weight is 168 g/mol. The lowest BCUT2D eigenvalue weighted by Crippen LogP contribution is -2.30. The quantitative estimate of drug-likeness (QED) is 0.681. The van der Waals surface area contributed by atoms with Crippen molar-refractivity contribution in [3.63, 3.8) is 0 Å². The zero-order valence-corrected chi connectivity index (χ0v) is 7.33. The van der Waals surface area contributed by atoms with E-state index in [1.54, 1.807) is 0 Å². The highest BCUT2D eigenvalue weighted by molar-refractivity contribution is 5.05. The van der Waals surface area contributed by atoms with Gasteiger partial charge in [0.25, 0.3) is 0 Å². The van der Waals surface area contributed by atoms with Gasteiger partial charge < -0.3 is 9.84 Å². The molecule has 1 unspecified atom stereocenters. The molecule has 1 fully saturated rings. The number of aliphatic hydroxyl groups is 1. The number of aliphatic hydroxyl groups excluding tert-OH is 1. The predicted octanol–water partition coefficient (Wildman–Crippen LogP) is 1.84. The standard InChI is InChI=1S/C10H16O2/c11-10(8-4-3-5-8)9-6-1-2-7-12-9/h6,8,10-11H,1-5,7H2. The van der Waals surface area contributed by atoms with Crippen LogP contribution in [0.15, 0.2) is 11.8 Å². The highest BCUT2D eigenvalue weighted by Crippen LogP contribution is 2.33. The second-order valence-corrected chi connectivity index (χ2v) is 3.73. The van der Waals surface area contributed by atoms with E-state index in [4.69, 9.17) is 4.74 Å². The van der Waals surface area contributed by atoms with Crippen molar-refractivity contribution in [1.82, 2.24) is 0 Å². The summed E-state index contributed by atoms with van der Waals surface area (Å²) >= 11 is 0. The largest absolute Gasteiger partial charge is 0.495 e. The molecular formula is C10H16O2. The fourth-order valence-corrected chi connectivity index (χ4v) is 1.77. The SMILES string of the molecule is OC(C1=CCCCO1)C1CCC1. The topological polar surface area (TPSA) is 29.5 Å². The van der Waals surface area contributed by atoms with Gasteiger partial charge in [0.1, 0.15) is 11.9 Å². The summed E-state index contributed by atoms with van der Waals surface area (Å²) in [6.07, 6.45) is 7.52. The maximum atomic E-state index is 9.80. The van der Waals surface area contributed by atoms with Gasteiger partial charge in [-0.05, 0) is 37.7 Å². The molecule has 0 bridgehead atoms. The molecule has 2 heteroatoms. The maximum absolute atomic E-state index is 9.80. The molecule has 0 aromatic heterocycles. The average Bonchev–Trinajstić information content (AvgIpc) is 2.03. The van der Waals surface area contributed by atoms with E-state index in [0.29, 0.717) is 5.92 Å². The summed E-state index contributed by atoms with van der Waals surface area (Å²) < 4.78 is 5.41. The van der Waals surface area contributed by atoms with Gasteiger partial charge >= 0.3 is 0 Å². The van der Waals surface area contributed by atoms with Gasteiger partial charge in [0.15, 0.2) is 0 Å². The Balaban J connectivity index is 1.92. The second-order valence-electron chi connectivity index (χ2n) is 3.73. The van der Waals surface area contributed by atoms with Gasteiger partial charge in [0.2, 0.25) is 0 Å². The summed E-state index contributed by atoms with van der Waals surface area (Å²) in [6, 6.07) is 0. The Kier molecular flexibility index (Phi) is 2.35. The summed E-state index contributed by atoms with van der Waals surface area (Å²) in [5, 5.41) is 9.80. The van der Waals surface area contributed by atoms with Gasteiger partial charge in [-0.3, -0.25) is 0 Å². The molecule has 1 aliphatic heterocycles. The minimum atomic E-state index is -0.306. The van der Waals surface area contributed by atoms with E-state index in [1.807, 2.05) is 6.08 Å². The smallest absolute Gasteiger partial charge is 0.121 e. The lowest BCUT2D eigenvalue weighted by molar-refractivity contribution is 0.0278. The summed E-state index contributed by atoms with van der Waals surface area (Å²) in [5.74, 6) is 1.32. The Labute approximate surface area is 73.2 Å². The molecular weight excluding hydrogens is 152 g/mol. The van der Waals surface area contributed by atoms with E-state index in [0.717, 1.165) is 25.2 Å². The van der Waals surface area contributed by atoms with Crippen molar-refractivity contribution in [3.05, 3.63) is 11.8 Å². The molecule has 0 spiro atoms. The van der Waals surface area contributed by atoms with Crippen molar-refractivity contribution in [2.24, 2.45) is 5.92 Å². The number of allylic oxidation sites excluding steroid dienone is 1. The first-order valence-electron chi connectivity index (χ1n) is 4.89. The van der Waals surface area contributed by atoms with E-state index in [-0.39, 0.29) is 6.10 Å². The van der Waals surface area contributed by atoms with Crippen molar-refractivity contribution in [2.75, 3.05) is 6.61 Å². The molecule has 68 valence electrons. The highest BCUT2D eigenvalue weighted by Gasteiger charge is 2.29. The lowest BCUT2D eigenvalue weighted by Gasteiger charge is -2.32. The van der Waals surface area contributed by atoms with Gasteiger partial charge in [-0.25, -0.2) is 0 Å². The van der Waals surface area contributed by atoms with Crippen LogP contribution in [0.1, 0.15) is 32.1 Å². The summed E-state index contributed by atoms with van der Waals surface area (Å²) in [7, 11) is 0. The van der Waals surface area contributed by atoms with Gasteiger partial charge in [-0.2, -0.15) is 0 Å². The Morgan fingerprint density at radius 1 is 1.42 bits per heavy atom. The van der Waals surface area contributed by atoms with Gasteiger partial charge in [-0.1, -0.05) is 6.42 Å². The van der Waals surface area contributed by atoms with Crippen molar-refractivity contribution < 1.29 is 9.84 Å². The molecule has 1 heterocycles. The minimum Gasteiger partial charge on any atom is -0.495 e. The number of hydrogen-bond donors (Lipinski definition) is 1. The van der Waals surface area contributed by atoms with Crippen molar-refractivity contribution in [2.45, 2.75) is 38.2 Å². The van der Waals surface area contributed by atoms with Crippen LogP contribution in [0.2, 0.25) is 0 Å². The molecule has 0 amide bonds. The molecule has 2 nitrogen and oxygen atoms in total. The third-order valence-electron chi connectivity index (χ3n) is 2.85. The Hall–Kier alpha value is -0.500. The number of ether oxygens (including phenoxy) is 1. The van der Waals surface area contributed by atoms with Crippen LogP contribution in [-0.4, -0.2) is 17.8 Å². The van der Waals surface area contributed by atoms with Crippen LogP contribution in [0, 0.1) is 5.92 Å². The molecule has 0 radical (unpaired) electrons. The first-order valence-corrected chi connectivity index (χ1v) is 4.89. The first kappa shape index (κ1) is 8.11. The van der Waals surface area contributed by atoms with Gasteiger partial charge in [0, 0.05) is 0 Å². The normalized spacial score (nSPS) is 26.9. The van der Waals surface area contributed by atoms with Gasteiger partial charge in [-0.15, -0.1) is 0 Å². The van der Waals surface area contributed by atoms with Crippen molar-refractivity contribution in [1.29, 1.82) is 0 Å². The number of rotatable bonds is 2. The molecule has 0 aromatic rings. The van der Waals surface area contributed by atoms with Crippen LogP contribution in [-0.2, 0) is 4.74 Å². The molecule has 0 saturated heterocycles. The zero-order chi connectivity index (χ0) is 8.39. The van der Waals surface area contributed by atoms with Crippen LogP contribution in [0.25, 0.3) is 0 Å². The fourth-order valence-electron chi connectivity index (χ4n) is 1.77. The molecule has 1 atom stereocenters. The van der Waals surface area contributed by atoms with Crippen LogP contribution >= 0.6 is 0 Å². The van der Waals surface area contributed by atoms with Crippen molar-refractivity contribution >= 4 is 0 Å². The molecule has 2 rings (SSSR count). The van der Waals surface area contributed by atoms with E-state index < -0.39 is 0 Å². The Morgan fingerprint density at radius 3 is 2.75 bits per heavy atom. The molecule has 12 heavy (non-hydrogen) atoms. The molecule has 2 aliphatic rings. The van der Waals surface area contributed by atoms with Crippen molar-refractivity contribution in [3.8, 4) is 0 Å². The number of hydrogen-bond acceptors (Lipinski definition) is 2. The first-order chi connectivity index (χ1) is 5.88. The monoisotopic (exact) mass is 168 g/mol. The van der Waals surface area contributed by atoms with E-state index in [9.17, 15) is 5.11 Å². The molecule has 1 aliphatic carbocycles.